The number of rotatable bonds is 5. The molecule has 152 valence electrons. The highest BCUT2D eigenvalue weighted by Gasteiger charge is 2.44. The van der Waals surface area contributed by atoms with Crippen molar-refractivity contribution in [2.24, 2.45) is 0 Å². The number of hydrogen-bond donors (Lipinski definition) is 5. The summed E-state index contributed by atoms with van der Waals surface area (Å²) >= 11 is 0. The lowest BCUT2D eigenvalue weighted by Crippen LogP contribution is -2.38. The summed E-state index contributed by atoms with van der Waals surface area (Å²) in [4.78, 5) is 44.3. The maximum atomic E-state index is 13.1. The van der Waals surface area contributed by atoms with Gasteiger partial charge in [-0.2, -0.15) is 0 Å². The van der Waals surface area contributed by atoms with Crippen molar-refractivity contribution in [3.63, 3.8) is 0 Å². The predicted octanol–water partition coefficient (Wildman–Crippen LogP) is -0.470. The van der Waals surface area contributed by atoms with Crippen LogP contribution in [0.3, 0.4) is 0 Å². The molecule has 1 aromatic carbocycles. The molecule has 0 unspecified atom stereocenters. The van der Waals surface area contributed by atoms with Crippen molar-refractivity contribution in [2.45, 2.75) is 31.0 Å². The van der Waals surface area contributed by atoms with Crippen molar-refractivity contribution in [3.05, 3.63) is 57.1 Å². The number of nitrogens with zero attached hydrogens (tertiary/aromatic N) is 1. The van der Waals surface area contributed by atoms with E-state index in [9.17, 15) is 28.8 Å². The Labute approximate surface area is 157 Å². The molecule has 12 heteroatoms. The van der Waals surface area contributed by atoms with Gasteiger partial charge in [-0.15, -0.1) is 0 Å². The molecule has 2 heterocycles. The molecule has 1 fully saturated rings. The molecule has 1 aromatic heterocycles. The lowest BCUT2D eigenvalue weighted by atomic mass is 10.1. The van der Waals surface area contributed by atoms with Gasteiger partial charge in [0.15, 0.2) is 6.23 Å². The largest absolute Gasteiger partial charge is 0.388 e. The van der Waals surface area contributed by atoms with Crippen molar-refractivity contribution < 1.29 is 33.7 Å². The molecule has 3 rings (SSSR count). The quantitative estimate of drug-likeness (QED) is 0.409. The molecule has 0 bridgehead atoms. The number of aliphatic hydroxyl groups excluding tert-OH is 2. The van der Waals surface area contributed by atoms with E-state index in [0.717, 1.165) is 22.9 Å². The molecule has 4 atom stereocenters. The third-order valence-corrected chi connectivity index (χ3v) is 5.28. The Kier molecular flexibility index (Phi) is 5.67. The summed E-state index contributed by atoms with van der Waals surface area (Å²) in [6.45, 7) is 0. The average Bonchev–Trinajstić information content (AvgIpc) is 2.89. The Morgan fingerprint density at radius 2 is 1.79 bits per heavy atom. The Morgan fingerprint density at radius 3 is 2.39 bits per heavy atom. The van der Waals surface area contributed by atoms with Gasteiger partial charge in [-0.25, -0.2) is 9.18 Å². The van der Waals surface area contributed by atoms with Crippen LogP contribution in [-0.4, -0.2) is 54.0 Å². The topological polar surface area (TPSA) is 162 Å². The van der Waals surface area contributed by atoms with Crippen LogP contribution in [0.4, 0.5) is 4.39 Å². The number of benzene rings is 1. The van der Waals surface area contributed by atoms with Crippen molar-refractivity contribution in [2.75, 3.05) is 6.16 Å². The normalized spacial score (nSPS) is 25.2. The van der Waals surface area contributed by atoms with Crippen LogP contribution in [0.25, 0.3) is 11.1 Å². The van der Waals surface area contributed by atoms with Crippen molar-refractivity contribution in [3.8, 4) is 11.1 Å². The van der Waals surface area contributed by atoms with E-state index >= 15 is 0 Å². The molecule has 5 N–H and O–H groups in total. The Morgan fingerprint density at radius 1 is 1.14 bits per heavy atom. The summed E-state index contributed by atoms with van der Waals surface area (Å²) in [5.74, 6) is -0.515. The van der Waals surface area contributed by atoms with Gasteiger partial charge in [0, 0.05) is 6.20 Å². The fourth-order valence-corrected chi connectivity index (χ4v) is 3.59. The van der Waals surface area contributed by atoms with Crippen LogP contribution in [0.2, 0.25) is 0 Å². The predicted molar refractivity (Wildman–Crippen MR) is 94.2 cm³/mol. The first-order chi connectivity index (χ1) is 13.1. The molecule has 1 aliphatic heterocycles. The summed E-state index contributed by atoms with van der Waals surface area (Å²) in [6.07, 6.45) is -5.30. The average molecular weight is 416 g/mol. The van der Waals surface area contributed by atoms with E-state index in [-0.39, 0.29) is 12.0 Å². The van der Waals surface area contributed by atoms with Crippen molar-refractivity contribution in [1.82, 2.24) is 9.55 Å². The van der Waals surface area contributed by atoms with E-state index in [1.165, 1.54) is 12.1 Å². The molecule has 0 saturated carbocycles. The van der Waals surface area contributed by atoms with E-state index in [4.69, 9.17) is 14.5 Å². The van der Waals surface area contributed by atoms with Gasteiger partial charge in [0.2, 0.25) is 0 Å². The van der Waals surface area contributed by atoms with Crippen LogP contribution in [0.15, 0.2) is 40.1 Å². The maximum Gasteiger partial charge on any atom is 0.330 e. The number of H-pyrrole nitrogens is 1. The third-order valence-electron chi connectivity index (χ3n) is 4.44. The molecule has 10 nitrogen and oxygen atoms in total. The lowest BCUT2D eigenvalue weighted by Gasteiger charge is -2.18. The van der Waals surface area contributed by atoms with Crippen LogP contribution in [0, 0.1) is 5.82 Å². The van der Waals surface area contributed by atoms with Gasteiger partial charge in [0.25, 0.3) is 5.56 Å². The summed E-state index contributed by atoms with van der Waals surface area (Å²) < 4.78 is 30.4. The second kappa shape index (κ2) is 7.70. The summed E-state index contributed by atoms with van der Waals surface area (Å²) in [5, 5.41) is 20.3. The molecule has 1 saturated heterocycles. The highest BCUT2D eigenvalue weighted by molar-refractivity contribution is 7.51. The minimum absolute atomic E-state index is 0.00329. The number of aromatic nitrogens is 2. The number of halogens is 1. The SMILES string of the molecule is O=c1[nH]c(=O)n([C@@H]2O[C@H](CCP(=O)(O)O)[C@@H](O)[C@H]2O)cc1-c1ccc(F)cc1. The van der Waals surface area contributed by atoms with Crippen LogP contribution >= 0.6 is 7.60 Å². The van der Waals surface area contributed by atoms with Gasteiger partial charge >= 0.3 is 13.3 Å². The first-order valence-corrected chi connectivity index (χ1v) is 10.0. The van der Waals surface area contributed by atoms with E-state index in [2.05, 4.69) is 4.98 Å². The molecular weight excluding hydrogens is 398 g/mol. The van der Waals surface area contributed by atoms with Gasteiger partial charge in [-0.1, -0.05) is 12.1 Å². The zero-order valence-corrected chi connectivity index (χ0v) is 15.2. The summed E-state index contributed by atoms with van der Waals surface area (Å²) in [7, 11) is -4.34. The van der Waals surface area contributed by atoms with Crippen LogP contribution in [0.1, 0.15) is 12.6 Å². The Balaban J connectivity index is 1.93. The number of hydrogen-bond acceptors (Lipinski definition) is 6. The standard InChI is InChI=1S/C16H18FN2O8P/c17-9-3-1-8(2-4-9)10-7-19(16(23)18-14(10)22)15-13(21)12(20)11(27-15)5-6-28(24,25)26/h1-4,7,11-13,15,20-21H,5-6H2,(H,18,22,23)(H2,24,25,26)/t11-,12-,13-,15-/m1/s1. The highest BCUT2D eigenvalue weighted by Crippen LogP contribution is 2.38. The second-order valence-electron chi connectivity index (χ2n) is 6.44. The number of nitrogens with one attached hydrogen (secondary N) is 1. The van der Waals surface area contributed by atoms with Crippen LogP contribution in [-0.2, 0) is 9.30 Å². The molecule has 0 aliphatic carbocycles. The zero-order valence-electron chi connectivity index (χ0n) is 14.3. The first-order valence-electron chi connectivity index (χ1n) is 8.24. The molecule has 28 heavy (non-hydrogen) atoms. The fraction of sp³-hybridized carbons (Fsp3) is 0.375. The van der Waals surface area contributed by atoms with Gasteiger partial charge < -0.3 is 24.7 Å². The molecule has 1 aliphatic rings. The zero-order chi connectivity index (χ0) is 20.6. The molecule has 0 spiro atoms. The molecule has 2 aromatic rings. The summed E-state index contributed by atoms with van der Waals surface area (Å²) in [5.41, 5.74) is -1.34. The molecular formula is C16H18FN2O8P. The Bertz CT molecular complexity index is 1010. The third kappa shape index (κ3) is 4.30. The maximum absolute atomic E-state index is 13.1. The van der Waals surface area contributed by atoms with E-state index in [0.29, 0.717) is 5.56 Å². The lowest BCUT2D eigenvalue weighted by molar-refractivity contribution is -0.0404. The monoisotopic (exact) mass is 416 g/mol. The minimum atomic E-state index is -4.34. The first kappa shape index (κ1) is 20.6. The van der Waals surface area contributed by atoms with E-state index in [1.807, 2.05) is 0 Å². The smallest absolute Gasteiger partial charge is 0.330 e. The van der Waals surface area contributed by atoms with Crippen molar-refractivity contribution in [1.29, 1.82) is 0 Å². The van der Waals surface area contributed by atoms with E-state index in [1.54, 1.807) is 0 Å². The minimum Gasteiger partial charge on any atom is -0.388 e. The van der Waals surface area contributed by atoms with Crippen LogP contribution < -0.4 is 11.2 Å². The van der Waals surface area contributed by atoms with Gasteiger partial charge in [0.1, 0.15) is 18.0 Å². The number of aliphatic hydroxyl groups is 2. The van der Waals surface area contributed by atoms with Crippen molar-refractivity contribution >= 4 is 7.60 Å². The van der Waals surface area contributed by atoms with Gasteiger partial charge in [-0.3, -0.25) is 18.9 Å². The van der Waals surface area contributed by atoms with Gasteiger partial charge in [0.05, 0.1) is 17.8 Å². The van der Waals surface area contributed by atoms with Gasteiger partial charge in [-0.05, 0) is 24.1 Å². The second-order valence-corrected chi connectivity index (χ2v) is 8.22. The molecule has 0 amide bonds. The number of aromatic amines is 1. The highest BCUT2D eigenvalue weighted by atomic mass is 31.2. The summed E-state index contributed by atoms with van der Waals surface area (Å²) in [6, 6.07) is 4.93. The molecule has 0 radical (unpaired) electrons. The number of ether oxygens (including phenoxy) is 1. The Hall–Kier alpha value is -2.14. The van der Waals surface area contributed by atoms with Crippen LogP contribution in [0.5, 0.6) is 0 Å². The fourth-order valence-electron chi connectivity index (χ4n) is 3.00. The van der Waals surface area contributed by atoms with E-state index < -0.39 is 55.4 Å².